The maximum Gasteiger partial charge on any atom is 0.339 e. The topological polar surface area (TPSA) is 140 Å². The van der Waals surface area contributed by atoms with Crippen LogP contribution < -0.4 is 19.1 Å². The number of carbonyl (C=O) groups is 1. The lowest BCUT2D eigenvalue weighted by atomic mass is 10.1. The van der Waals surface area contributed by atoms with Gasteiger partial charge in [0.15, 0.2) is 11.5 Å². The van der Waals surface area contributed by atoms with E-state index in [1.807, 2.05) is 36.4 Å². The second-order valence-electron chi connectivity index (χ2n) is 9.50. The van der Waals surface area contributed by atoms with E-state index in [0.717, 1.165) is 11.1 Å². The third-order valence-corrected chi connectivity index (χ3v) is 9.28. The van der Waals surface area contributed by atoms with E-state index in [2.05, 4.69) is 15.2 Å². The number of hydrogen-bond acceptors (Lipinski definition) is 8. The van der Waals surface area contributed by atoms with E-state index in [0.29, 0.717) is 9.13 Å². The van der Waals surface area contributed by atoms with Crippen LogP contribution >= 0.6 is 22.6 Å². The summed E-state index contributed by atoms with van der Waals surface area (Å²) in [6.45, 7) is 9.11. The van der Waals surface area contributed by atoms with Crippen molar-refractivity contribution < 1.29 is 30.6 Å². The van der Waals surface area contributed by atoms with Crippen LogP contribution in [0.3, 0.4) is 0 Å². The molecule has 0 bridgehead atoms. The van der Waals surface area contributed by atoms with Crippen molar-refractivity contribution in [1.29, 1.82) is 0 Å². The molecule has 0 spiro atoms. The van der Waals surface area contributed by atoms with Crippen LogP contribution in [0.4, 0.5) is 0 Å². The fraction of sp³-hybridized carbons (Fsp3) is 0.286. The average molecular weight is 714 g/mol. The minimum atomic E-state index is -4.12. The van der Waals surface area contributed by atoms with Crippen LogP contribution in [0.5, 0.6) is 11.5 Å². The first-order valence-corrected chi connectivity index (χ1v) is 16.6. The van der Waals surface area contributed by atoms with Crippen LogP contribution in [0.15, 0.2) is 75.6 Å². The molecule has 1 atom stereocenters. The minimum absolute atomic E-state index is 0.00686. The maximum atomic E-state index is 12.9. The van der Waals surface area contributed by atoms with E-state index < -0.39 is 32.1 Å². The molecule has 0 aliphatic heterocycles. The van der Waals surface area contributed by atoms with Crippen LogP contribution in [-0.4, -0.2) is 41.6 Å². The van der Waals surface area contributed by atoms with Gasteiger partial charge in [-0.15, -0.1) is 0 Å². The second kappa shape index (κ2) is 13.8. The summed E-state index contributed by atoms with van der Waals surface area (Å²) in [5.41, 5.74) is 4.68. The fourth-order valence-electron chi connectivity index (χ4n) is 3.55. The van der Waals surface area contributed by atoms with E-state index in [-0.39, 0.29) is 33.8 Å². The Morgan fingerprint density at radius 2 is 1.51 bits per heavy atom. The molecular weight excluding hydrogens is 681 g/mol. The van der Waals surface area contributed by atoms with Gasteiger partial charge in [0.2, 0.25) is 10.0 Å². The predicted molar refractivity (Wildman–Crippen MR) is 165 cm³/mol. The fourth-order valence-corrected chi connectivity index (χ4v) is 6.74. The summed E-state index contributed by atoms with van der Waals surface area (Å²) in [4.78, 5) is 12.9. The van der Waals surface area contributed by atoms with Crippen molar-refractivity contribution in [3.8, 4) is 11.5 Å². The van der Waals surface area contributed by atoms with Crippen molar-refractivity contribution in [2.45, 2.75) is 50.5 Å². The van der Waals surface area contributed by atoms with E-state index >= 15 is 0 Å². The van der Waals surface area contributed by atoms with Crippen LogP contribution in [-0.2, 0) is 24.9 Å². The van der Waals surface area contributed by atoms with Crippen molar-refractivity contribution in [2.24, 2.45) is 11.0 Å². The molecule has 0 unspecified atom stereocenters. The maximum absolute atomic E-state index is 12.9. The molecule has 10 nitrogen and oxygen atoms in total. The molecule has 41 heavy (non-hydrogen) atoms. The van der Waals surface area contributed by atoms with Crippen molar-refractivity contribution in [2.75, 3.05) is 6.61 Å². The lowest BCUT2D eigenvalue weighted by molar-refractivity contribution is -0.123. The van der Waals surface area contributed by atoms with E-state index in [1.165, 1.54) is 36.5 Å². The van der Waals surface area contributed by atoms with E-state index in [1.54, 1.807) is 51.1 Å². The zero-order valence-electron chi connectivity index (χ0n) is 23.2. The predicted octanol–water partition coefficient (Wildman–Crippen LogP) is 4.53. The van der Waals surface area contributed by atoms with Gasteiger partial charge in [0.05, 0.1) is 21.3 Å². The van der Waals surface area contributed by atoms with Crippen molar-refractivity contribution >= 4 is 54.9 Å². The highest BCUT2D eigenvalue weighted by Gasteiger charge is 2.28. The summed E-state index contributed by atoms with van der Waals surface area (Å²) < 4.78 is 65.4. The highest BCUT2D eigenvalue weighted by molar-refractivity contribution is 14.1. The number of nitrogens with one attached hydrogen (secondary N) is 2. The van der Waals surface area contributed by atoms with Crippen LogP contribution in [0.25, 0.3) is 0 Å². The van der Waals surface area contributed by atoms with Crippen LogP contribution in [0, 0.1) is 23.3 Å². The smallest absolute Gasteiger partial charge is 0.339 e. The lowest BCUT2D eigenvalue weighted by Gasteiger charge is -2.20. The molecule has 0 aliphatic carbocycles. The van der Waals surface area contributed by atoms with Gasteiger partial charge < -0.3 is 8.92 Å². The molecule has 13 heteroatoms. The van der Waals surface area contributed by atoms with Gasteiger partial charge in [-0.05, 0) is 91.2 Å². The summed E-state index contributed by atoms with van der Waals surface area (Å²) in [6, 6.07) is 14.6. The Balaban J connectivity index is 1.78. The van der Waals surface area contributed by atoms with Crippen molar-refractivity contribution in [3.05, 3.63) is 80.9 Å². The minimum Gasteiger partial charge on any atom is -0.490 e. The quantitative estimate of drug-likeness (QED) is 0.122. The molecular formula is C28H32IN3O7S2. The average Bonchev–Trinajstić information content (AvgIpc) is 2.90. The number of aryl methyl sites for hydroxylation is 2. The van der Waals surface area contributed by atoms with Crippen LogP contribution in [0.1, 0.15) is 37.5 Å². The third kappa shape index (κ3) is 8.74. The number of hydrogen-bond donors (Lipinski definition) is 2. The zero-order chi connectivity index (χ0) is 30.4. The number of nitrogens with zero attached hydrogens (tertiary/aromatic N) is 1. The largest absolute Gasteiger partial charge is 0.490 e. The van der Waals surface area contributed by atoms with E-state index in [9.17, 15) is 21.6 Å². The molecule has 0 aliphatic rings. The van der Waals surface area contributed by atoms with Gasteiger partial charge in [-0.2, -0.15) is 18.2 Å². The number of hydrazone groups is 1. The van der Waals surface area contributed by atoms with E-state index in [4.69, 9.17) is 8.92 Å². The Morgan fingerprint density at radius 3 is 2.05 bits per heavy atom. The summed E-state index contributed by atoms with van der Waals surface area (Å²) in [5.74, 6) is -0.813. The number of ether oxygens (including phenoxy) is 1. The van der Waals surface area contributed by atoms with Gasteiger partial charge in [-0.25, -0.2) is 13.8 Å². The molecule has 3 aromatic rings. The van der Waals surface area contributed by atoms with Crippen LogP contribution in [0.2, 0.25) is 0 Å². The lowest BCUT2D eigenvalue weighted by Crippen LogP contribution is -2.48. The summed E-state index contributed by atoms with van der Waals surface area (Å²) >= 11 is 1.93. The van der Waals surface area contributed by atoms with Gasteiger partial charge in [-0.1, -0.05) is 49.2 Å². The molecule has 0 heterocycles. The molecule has 0 saturated heterocycles. The van der Waals surface area contributed by atoms with Gasteiger partial charge in [0.1, 0.15) is 10.9 Å². The number of benzene rings is 3. The summed E-state index contributed by atoms with van der Waals surface area (Å²) in [5, 5.41) is 3.98. The number of rotatable bonds is 12. The number of carbonyl (C=O) groups excluding carboxylic acids is 1. The molecule has 3 rings (SSSR count). The standard InChI is InChI=1S/C28H32IN3O7S2/c1-6-38-25-16-21(15-24(29)27(25)39-41(36,37)23-13-9-20(5)10-14-23)17-30-31-28(33)26(18(2)3)32-40(34,35)22-11-7-19(4)8-12-22/h7-18,26,32H,6H2,1-5H3,(H,31,33)/b30-17-/t26-/m0/s1. The first-order chi connectivity index (χ1) is 19.2. The Bertz CT molecular complexity index is 1620. The molecule has 2 N–H and O–H groups in total. The highest BCUT2D eigenvalue weighted by atomic mass is 127. The normalized spacial score (nSPS) is 12.9. The molecule has 3 aromatic carbocycles. The third-order valence-electron chi connectivity index (χ3n) is 5.79. The Kier molecular flexibility index (Phi) is 10.9. The Morgan fingerprint density at radius 1 is 0.951 bits per heavy atom. The first-order valence-electron chi connectivity index (χ1n) is 12.6. The highest BCUT2D eigenvalue weighted by Crippen LogP contribution is 2.36. The second-order valence-corrected chi connectivity index (χ2v) is 13.9. The molecule has 220 valence electrons. The summed E-state index contributed by atoms with van der Waals surface area (Å²) in [6.07, 6.45) is 1.34. The Hall–Kier alpha value is -3.01. The molecule has 0 fully saturated rings. The van der Waals surface area contributed by atoms with Gasteiger partial charge in [0, 0.05) is 0 Å². The number of amides is 1. The van der Waals surface area contributed by atoms with Crippen molar-refractivity contribution in [3.63, 3.8) is 0 Å². The SMILES string of the molecule is CCOc1cc(/C=N\NC(=O)[C@@H](NS(=O)(=O)c2ccc(C)cc2)C(C)C)cc(I)c1OS(=O)(=O)c1ccc(C)cc1. The number of halogens is 1. The number of sulfonamides is 1. The van der Waals surface area contributed by atoms with Gasteiger partial charge in [-0.3, -0.25) is 4.79 Å². The first kappa shape index (κ1) is 32.5. The zero-order valence-corrected chi connectivity index (χ0v) is 27.0. The molecule has 0 radical (unpaired) electrons. The van der Waals surface area contributed by atoms with Gasteiger partial charge in [0.25, 0.3) is 5.91 Å². The van der Waals surface area contributed by atoms with Crippen molar-refractivity contribution in [1.82, 2.24) is 10.1 Å². The monoisotopic (exact) mass is 713 g/mol. The summed E-state index contributed by atoms with van der Waals surface area (Å²) in [7, 11) is -8.07. The van der Waals surface area contributed by atoms with Gasteiger partial charge >= 0.3 is 10.1 Å². The molecule has 0 aromatic heterocycles. The molecule has 1 amide bonds. The molecule has 0 saturated carbocycles. The Labute approximate surface area is 254 Å².